The summed E-state index contributed by atoms with van der Waals surface area (Å²) in [5.41, 5.74) is -0.190. The van der Waals surface area contributed by atoms with Crippen LogP contribution in [0, 0.1) is 17.6 Å². The summed E-state index contributed by atoms with van der Waals surface area (Å²) in [5.74, 6) is -2.07. The summed E-state index contributed by atoms with van der Waals surface area (Å²) in [6.45, 7) is 2.41. The zero-order valence-electron chi connectivity index (χ0n) is 9.88. The Morgan fingerprint density at radius 2 is 2.17 bits per heavy atom. The van der Waals surface area contributed by atoms with Crippen LogP contribution < -0.4 is 0 Å². The molecule has 1 saturated heterocycles. The Morgan fingerprint density at radius 3 is 2.83 bits per heavy atom. The van der Waals surface area contributed by atoms with Crippen LogP contribution in [0.5, 0.6) is 0 Å². The molecule has 18 heavy (non-hydrogen) atoms. The highest BCUT2D eigenvalue weighted by molar-refractivity contribution is 9.10. The molecule has 0 N–H and O–H groups in total. The third-order valence-electron chi connectivity index (χ3n) is 3.22. The number of Topliss-reactive ketones (excluding diaryl/α,β-unsaturated/α-hetero) is 1. The fourth-order valence-electron chi connectivity index (χ4n) is 2.26. The average Bonchev–Trinajstić information content (AvgIpc) is 2.81. The van der Waals surface area contributed by atoms with Crippen LogP contribution >= 0.6 is 15.9 Å². The molecule has 1 aliphatic rings. The molecule has 1 fully saturated rings. The Kier molecular flexibility index (Phi) is 4.12. The molecule has 1 heterocycles. The monoisotopic (exact) mass is 318 g/mol. The maximum atomic E-state index is 13.7. The lowest BCUT2D eigenvalue weighted by molar-refractivity contribution is 0.0686. The Balaban J connectivity index is 2.31. The summed E-state index contributed by atoms with van der Waals surface area (Å²) >= 11 is 2.89. The lowest BCUT2D eigenvalue weighted by Gasteiger charge is -2.16. The Labute approximate surface area is 112 Å². The van der Waals surface area contributed by atoms with Crippen LogP contribution in [-0.2, 0) is 4.74 Å². The van der Waals surface area contributed by atoms with Gasteiger partial charge in [-0.05, 0) is 40.9 Å². The van der Waals surface area contributed by atoms with E-state index >= 15 is 0 Å². The number of benzene rings is 1. The van der Waals surface area contributed by atoms with Crippen molar-refractivity contribution >= 4 is 21.7 Å². The van der Waals surface area contributed by atoms with Crippen LogP contribution in [0.15, 0.2) is 16.6 Å². The van der Waals surface area contributed by atoms with Gasteiger partial charge in [0.15, 0.2) is 5.78 Å². The summed E-state index contributed by atoms with van der Waals surface area (Å²) in [7, 11) is 0. The number of halogens is 3. The number of carbonyl (C=O) groups excluding carboxylic acids is 1. The molecule has 2 rings (SSSR count). The molecule has 0 saturated carbocycles. The first kappa shape index (κ1) is 13.6. The molecule has 2 atom stereocenters. The number of carbonyl (C=O) groups is 1. The first-order chi connectivity index (χ1) is 8.54. The van der Waals surface area contributed by atoms with Gasteiger partial charge < -0.3 is 4.74 Å². The molecule has 0 amide bonds. The van der Waals surface area contributed by atoms with Crippen molar-refractivity contribution < 1.29 is 18.3 Å². The summed E-state index contributed by atoms with van der Waals surface area (Å²) in [6.07, 6.45) is 1.06. The van der Waals surface area contributed by atoms with E-state index in [4.69, 9.17) is 4.74 Å². The molecule has 2 nitrogen and oxygen atoms in total. The van der Waals surface area contributed by atoms with Gasteiger partial charge in [-0.15, -0.1) is 0 Å². The van der Waals surface area contributed by atoms with Gasteiger partial charge in [0.1, 0.15) is 11.6 Å². The van der Waals surface area contributed by atoms with Crippen molar-refractivity contribution in [2.24, 2.45) is 5.92 Å². The van der Waals surface area contributed by atoms with Gasteiger partial charge >= 0.3 is 0 Å². The van der Waals surface area contributed by atoms with Crippen LogP contribution in [0.4, 0.5) is 8.78 Å². The third kappa shape index (κ3) is 2.47. The second kappa shape index (κ2) is 5.45. The fourth-order valence-corrected chi connectivity index (χ4v) is 2.58. The largest absolute Gasteiger partial charge is 0.377 e. The van der Waals surface area contributed by atoms with E-state index in [9.17, 15) is 13.6 Å². The molecule has 1 aromatic rings. The quantitative estimate of drug-likeness (QED) is 0.627. The van der Waals surface area contributed by atoms with Gasteiger partial charge in [0.05, 0.1) is 22.1 Å². The normalized spacial score (nSPS) is 23.3. The summed E-state index contributed by atoms with van der Waals surface area (Å²) < 4.78 is 32.5. The molecule has 0 bridgehead atoms. The van der Waals surface area contributed by atoms with Gasteiger partial charge in [0.25, 0.3) is 0 Å². The molecule has 0 aromatic heterocycles. The van der Waals surface area contributed by atoms with Crippen LogP contribution in [0.3, 0.4) is 0 Å². The van der Waals surface area contributed by atoms with Crippen LogP contribution in [0.25, 0.3) is 0 Å². The van der Waals surface area contributed by atoms with Crippen molar-refractivity contribution in [3.8, 4) is 0 Å². The minimum Gasteiger partial charge on any atom is -0.377 e. The van der Waals surface area contributed by atoms with Crippen molar-refractivity contribution in [2.75, 3.05) is 6.61 Å². The van der Waals surface area contributed by atoms with E-state index in [-0.39, 0.29) is 27.8 Å². The smallest absolute Gasteiger partial charge is 0.171 e. The zero-order chi connectivity index (χ0) is 13.3. The second-order valence-electron chi connectivity index (χ2n) is 4.32. The number of rotatable bonds is 3. The van der Waals surface area contributed by atoms with Crippen LogP contribution in [0.1, 0.15) is 30.1 Å². The number of ether oxygens (including phenoxy) is 1. The number of hydrogen-bond acceptors (Lipinski definition) is 2. The van der Waals surface area contributed by atoms with Gasteiger partial charge in [-0.2, -0.15) is 0 Å². The lowest BCUT2D eigenvalue weighted by atomic mass is 9.90. The second-order valence-corrected chi connectivity index (χ2v) is 5.18. The zero-order valence-corrected chi connectivity index (χ0v) is 11.5. The van der Waals surface area contributed by atoms with Gasteiger partial charge in [0.2, 0.25) is 0 Å². The van der Waals surface area contributed by atoms with Gasteiger partial charge in [-0.3, -0.25) is 4.79 Å². The van der Waals surface area contributed by atoms with Crippen LogP contribution in [-0.4, -0.2) is 18.5 Å². The van der Waals surface area contributed by atoms with Crippen molar-refractivity contribution in [3.05, 3.63) is 33.8 Å². The van der Waals surface area contributed by atoms with E-state index in [1.165, 1.54) is 0 Å². The molecular weight excluding hydrogens is 306 g/mol. The number of hydrogen-bond donors (Lipinski definition) is 0. The third-order valence-corrected chi connectivity index (χ3v) is 3.83. The highest BCUT2D eigenvalue weighted by atomic mass is 79.9. The molecule has 0 aliphatic carbocycles. The van der Waals surface area contributed by atoms with Crippen LogP contribution in [0.2, 0.25) is 0 Å². The average molecular weight is 319 g/mol. The molecule has 0 radical (unpaired) electrons. The molecular formula is C13H13BrF2O2. The Morgan fingerprint density at radius 1 is 1.44 bits per heavy atom. The van der Waals surface area contributed by atoms with E-state index in [1.807, 2.05) is 6.92 Å². The summed E-state index contributed by atoms with van der Waals surface area (Å²) in [5, 5.41) is 0. The van der Waals surface area contributed by atoms with E-state index in [0.717, 1.165) is 12.1 Å². The molecule has 5 heteroatoms. The van der Waals surface area contributed by atoms with Gasteiger partial charge in [-0.1, -0.05) is 6.92 Å². The molecule has 0 spiro atoms. The predicted molar refractivity (Wildman–Crippen MR) is 66.5 cm³/mol. The van der Waals surface area contributed by atoms with E-state index in [0.29, 0.717) is 19.4 Å². The Bertz CT molecular complexity index is 476. The summed E-state index contributed by atoms with van der Waals surface area (Å²) in [4.78, 5) is 12.2. The fraction of sp³-hybridized carbons (Fsp3) is 0.462. The maximum Gasteiger partial charge on any atom is 0.171 e. The molecule has 98 valence electrons. The standard InChI is InChI=1S/C13H13BrF2O2/c1-2-12-7(3-4-18-12)13(17)8-5-11(16)9(14)6-10(8)15/h5-7,12H,2-4H2,1H3. The van der Waals surface area contributed by atoms with E-state index < -0.39 is 11.6 Å². The highest BCUT2D eigenvalue weighted by Crippen LogP contribution is 2.29. The Hall–Kier alpha value is -0.810. The van der Waals surface area contributed by atoms with Crippen molar-refractivity contribution in [1.29, 1.82) is 0 Å². The van der Waals surface area contributed by atoms with Gasteiger partial charge in [0, 0.05) is 6.61 Å². The van der Waals surface area contributed by atoms with E-state index in [2.05, 4.69) is 15.9 Å². The number of ketones is 1. The SMILES string of the molecule is CCC1OCCC1C(=O)c1cc(F)c(Br)cc1F. The minimum absolute atomic E-state index is 0.0197. The van der Waals surface area contributed by atoms with Gasteiger partial charge in [-0.25, -0.2) is 8.78 Å². The van der Waals surface area contributed by atoms with Crippen molar-refractivity contribution in [1.82, 2.24) is 0 Å². The highest BCUT2D eigenvalue weighted by Gasteiger charge is 2.34. The van der Waals surface area contributed by atoms with Crippen molar-refractivity contribution in [3.63, 3.8) is 0 Å². The molecule has 1 aliphatic heterocycles. The molecule has 2 unspecified atom stereocenters. The first-order valence-corrected chi connectivity index (χ1v) is 6.64. The maximum absolute atomic E-state index is 13.7. The predicted octanol–water partition coefficient (Wildman–Crippen LogP) is 3.73. The lowest BCUT2D eigenvalue weighted by Crippen LogP contribution is -2.24. The summed E-state index contributed by atoms with van der Waals surface area (Å²) in [6, 6.07) is 1.94. The first-order valence-electron chi connectivity index (χ1n) is 5.85. The van der Waals surface area contributed by atoms with E-state index in [1.54, 1.807) is 0 Å². The molecule has 1 aromatic carbocycles. The van der Waals surface area contributed by atoms with Crippen molar-refractivity contribution in [2.45, 2.75) is 25.9 Å². The topological polar surface area (TPSA) is 26.3 Å². The minimum atomic E-state index is -0.699.